The third kappa shape index (κ3) is 1.83. The molecule has 1 aliphatic carbocycles. The van der Waals surface area contributed by atoms with Crippen molar-refractivity contribution in [1.29, 1.82) is 0 Å². The molecule has 0 aromatic heterocycles. The van der Waals surface area contributed by atoms with E-state index in [0.29, 0.717) is 12.0 Å². The molecule has 1 aromatic carbocycles. The van der Waals surface area contributed by atoms with Crippen molar-refractivity contribution in [3.63, 3.8) is 0 Å². The van der Waals surface area contributed by atoms with E-state index in [2.05, 4.69) is 30.4 Å². The average Bonchev–Trinajstić information content (AvgIpc) is 2.78. The van der Waals surface area contributed by atoms with Crippen LogP contribution in [-0.4, -0.2) is 12.3 Å². The van der Waals surface area contributed by atoms with E-state index in [1.165, 1.54) is 24.8 Å². The predicted octanol–water partition coefficient (Wildman–Crippen LogP) is 3.40. The summed E-state index contributed by atoms with van der Waals surface area (Å²) in [6.07, 6.45) is 5.84. The first kappa shape index (κ1) is 11.6. The normalized spacial score (nSPS) is 31.2. The van der Waals surface area contributed by atoms with Gasteiger partial charge < -0.3 is 14.8 Å². The Morgan fingerprint density at radius 2 is 2.00 bits per heavy atom. The zero-order chi connectivity index (χ0) is 12.9. The van der Waals surface area contributed by atoms with Crippen molar-refractivity contribution in [2.24, 2.45) is 5.92 Å². The molecule has 4 rings (SSSR count). The maximum atomic E-state index is 6.05. The van der Waals surface area contributed by atoms with E-state index in [4.69, 9.17) is 9.47 Å². The van der Waals surface area contributed by atoms with Crippen LogP contribution < -0.4 is 14.8 Å². The monoisotopic (exact) mass is 259 g/mol. The van der Waals surface area contributed by atoms with Gasteiger partial charge in [0.05, 0.1) is 0 Å². The number of benzene rings is 1. The molecule has 2 aliphatic heterocycles. The molecule has 19 heavy (non-hydrogen) atoms. The first-order valence-corrected chi connectivity index (χ1v) is 7.51. The minimum Gasteiger partial charge on any atom is -0.448 e. The largest absolute Gasteiger partial charge is 0.448 e. The Hall–Kier alpha value is -1.22. The summed E-state index contributed by atoms with van der Waals surface area (Å²) in [5.41, 5.74) is 1.34. The molecule has 3 heteroatoms. The Morgan fingerprint density at radius 1 is 1.16 bits per heavy atom. The molecule has 2 atom stereocenters. The fourth-order valence-corrected chi connectivity index (χ4v) is 3.47. The average molecular weight is 259 g/mol. The van der Waals surface area contributed by atoms with Gasteiger partial charge in [0, 0.05) is 18.9 Å². The smallest absolute Gasteiger partial charge is 0.251 e. The first-order valence-electron chi connectivity index (χ1n) is 7.51. The van der Waals surface area contributed by atoms with Crippen molar-refractivity contribution in [3.05, 3.63) is 23.8 Å². The van der Waals surface area contributed by atoms with Gasteiger partial charge in [-0.1, -0.05) is 13.0 Å². The molecular formula is C16H21NO2. The summed E-state index contributed by atoms with van der Waals surface area (Å²) in [4.78, 5) is 0. The molecule has 0 radical (unpaired) electrons. The molecule has 1 saturated heterocycles. The molecule has 2 unspecified atom stereocenters. The van der Waals surface area contributed by atoms with E-state index in [1.807, 2.05) is 0 Å². The standard InChI is InChI=1S/C16H21NO2/c1-11-4-2-9-17-15(11)12-5-6-13-14(10-12)19-16(18-13)7-3-8-16/h5-6,10-11,15,17H,2-4,7-9H2,1H3. The maximum Gasteiger partial charge on any atom is 0.251 e. The number of piperidine rings is 1. The van der Waals surface area contributed by atoms with Crippen LogP contribution in [0.2, 0.25) is 0 Å². The second-order valence-corrected chi connectivity index (χ2v) is 6.23. The number of rotatable bonds is 1. The van der Waals surface area contributed by atoms with Crippen LogP contribution in [0.15, 0.2) is 18.2 Å². The molecule has 102 valence electrons. The summed E-state index contributed by atoms with van der Waals surface area (Å²) in [5.74, 6) is 2.24. The van der Waals surface area contributed by atoms with Crippen LogP contribution in [0, 0.1) is 5.92 Å². The van der Waals surface area contributed by atoms with Crippen LogP contribution in [0.5, 0.6) is 11.5 Å². The summed E-state index contributed by atoms with van der Waals surface area (Å²) < 4.78 is 12.0. The zero-order valence-corrected chi connectivity index (χ0v) is 11.4. The SMILES string of the molecule is CC1CCCNC1c1ccc2c(c1)OC1(CCC1)O2. The highest BCUT2D eigenvalue weighted by molar-refractivity contribution is 5.47. The fourth-order valence-electron chi connectivity index (χ4n) is 3.47. The lowest BCUT2D eigenvalue weighted by Crippen LogP contribution is -2.45. The minimum absolute atomic E-state index is 0.313. The number of hydrogen-bond donors (Lipinski definition) is 1. The second kappa shape index (κ2) is 4.14. The lowest BCUT2D eigenvalue weighted by Gasteiger charge is -2.35. The number of nitrogens with one attached hydrogen (secondary N) is 1. The Kier molecular flexibility index (Phi) is 2.52. The van der Waals surface area contributed by atoms with Gasteiger partial charge in [-0.05, 0) is 49.4 Å². The molecule has 3 nitrogen and oxygen atoms in total. The second-order valence-electron chi connectivity index (χ2n) is 6.23. The lowest BCUT2D eigenvalue weighted by molar-refractivity contribution is -0.138. The van der Waals surface area contributed by atoms with Crippen LogP contribution in [0.25, 0.3) is 0 Å². The van der Waals surface area contributed by atoms with E-state index < -0.39 is 0 Å². The predicted molar refractivity (Wildman–Crippen MR) is 73.4 cm³/mol. The van der Waals surface area contributed by atoms with Crippen molar-refractivity contribution in [2.75, 3.05) is 6.54 Å². The van der Waals surface area contributed by atoms with Gasteiger partial charge in [-0.2, -0.15) is 0 Å². The maximum absolute atomic E-state index is 6.05. The summed E-state index contributed by atoms with van der Waals surface area (Å²) in [7, 11) is 0. The van der Waals surface area contributed by atoms with Crippen molar-refractivity contribution >= 4 is 0 Å². The van der Waals surface area contributed by atoms with E-state index in [1.54, 1.807) is 0 Å². The van der Waals surface area contributed by atoms with E-state index in [0.717, 1.165) is 30.9 Å². The van der Waals surface area contributed by atoms with Crippen LogP contribution in [0.3, 0.4) is 0 Å². The zero-order valence-electron chi connectivity index (χ0n) is 11.4. The topological polar surface area (TPSA) is 30.5 Å². The van der Waals surface area contributed by atoms with Crippen LogP contribution in [0.1, 0.15) is 50.6 Å². The van der Waals surface area contributed by atoms with Crippen molar-refractivity contribution in [3.8, 4) is 11.5 Å². The molecule has 0 bridgehead atoms. The highest BCUT2D eigenvalue weighted by atomic mass is 16.7. The van der Waals surface area contributed by atoms with Gasteiger partial charge in [0.25, 0.3) is 5.79 Å². The van der Waals surface area contributed by atoms with Gasteiger partial charge in [-0.3, -0.25) is 0 Å². The van der Waals surface area contributed by atoms with Crippen LogP contribution in [0.4, 0.5) is 0 Å². The minimum atomic E-state index is -0.313. The van der Waals surface area contributed by atoms with Crippen LogP contribution >= 0.6 is 0 Å². The summed E-state index contributed by atoms with van der Waals surface area (Å²) in [5, 5.41) is 3.63. The van der Waals surface area contributed by atoms with E-state index in [-0.39, 0.29) is 5.79 Å². The molecular weight excluding hydrogens is 238 g/mol. The van der Waals surface area contributed by atoms with Gasteiger partial charge in [0.2, 0.25) is 0 Å². The fraction of sp³-hybridized carbons (Fsp3) is 0.625. The van der Waals surface area contributed by atoms with E-state index >= 15 is 0 Å². The quantitative estimate of drug-likeness (QED) is 0.838. The Labute approximate surface area is 114 Å². The Balaban J connectivity index is 1.61. The number of hydrogen-bond acceptors (Lipinski definition) is 3. The number of fused-ring (bicyclic) bond motifs is 1. The van der Waals surface area contributed by atoms with E-state index in [9.17, 15) is 0 Å². The molecule has 1 aromatic rings. The molecule has 1 saturated carbocycles. The van der Waals surface area contributed by atoms with Gasteiger partial charge >= 0.3 is 0 Å². The molecule has 2 fully saturated rings. The molecule has 3 aliphatic rings. The summed E-state index contributed by atoms with van der Waals surface area (Å²) >= 11 is 0. The third-order valence-corrected chi connectivity index (χ3v) is 4.80. The van der Waals surface area contributed by atoms with Gasteiger partial charge in [0.1, 0.15) is 0 Å². The Morgan fingerprint density at radius 3 is 2.74 bits per heavy atom. The molecule has 1 spiro atoms. The molecule has 0 amide bonds. The highest BCUT2D eigenvalue weighted by Gasteiger charge is 2.47. The molecule has 1 N–H and O–H groups in total. The lowest BCUT2D eigenvalue weighted by atomic mass is 9.88. The van der Waals surface area contributed by atoms with Crippen molar-refractivity contribution < 1.29 is 9.47 Å². The van der Waals surface area contributed by atoms with Gasteiger partial charge in [0.15, 0.2) is 11.5 Å². The highest BCUT2D eigenvalue weighted by Crippen LogP contribution is 2.49. The number of ether oxygens (including phenoxy) is 2. The van der Waals surface area contributed by atoms with Gasteiger partial charge in [-0.25, -0.2) is 0 Å². The summed E-state index contributed by atoms with van der Waals surface area (Å²) in [6, 6.07) is 6.92. The summed E-state index contributed by atoms with van der Waals surface area (Å²) in [6.45, 7) is 3.45. The van der Waals surface area contributed by atoms with Gasteiger partial charge in [-0.15, -0.1) is 0 Å². The molecule has 2 heterocycles. The third-order valence-electron chi connectivity index (χ3n) is 4.80. The van der Waals surface area contributed by atoms with Crippen molar-refractivity contribution in [2.45, 2.75) is 50.9 Å². The Bertz CT molecular complexity index is 496. The van der Waals surface area contributed by atoms with Crippen LogP contribution in [-0.2, 0) is 0 Å². The first-order chi connectivity index (χ1) is 9.26. The van der Waals surface area contributed by atoms with Crippen molar-refractivity contribution in [1.82, 2.24) is 5.32 Å².